The molecule has 0 fully saturated rings. The first-order valence-electron chi connectivity index (χ1n) is 5.96. The van der Waals surface area contributed by atoms with E-state index in [1.807, 2.05) is 12.2 Å². The summed E-state index contributed by atoms with van der Waals surface area (Å²) < 4.78 is 5.40. The number of rotatable bonds is 5. The van der Waals surface area contributed by atoms with Gasteiger partial charge in [-0.1, -0.05) is 19.4 Å². The van der Waals surface area contributed by atoms with Crippen LogP contribution in [-0.2, 0) is 4.74 Å². The van der Waals surface area contributed by atoms with Gasteiger partial charge in [0.1, 0.15) is 0 Å². The fourth-order valence-electron chi connectivity index (χ4n) is 1.53. The van der Waals surface area contributed by atoms with Gasteiger partial charge in [0.15, 0.2) is 0 Å². The lowest BCUT2D eigenvalue weighted by Crippen LogP contribution is -1.99. The summed E-state index contributed by atoms with van der Waals surface area (Å²) in [4.78, 5) is 9.51. The summed E-state index contributed by atoms with van der Waals surface area (Å²) in [6.07, 6.45) is 9.78. The SMILES string of the molecule is CCCCO/C=C/c1nc(Cl)nc2c1SCC=C2. The number of halogens is 1. The Hall–Kier alpha value is -1.00. The van der Waals surface area contributed by atoms with E-state index in [1.165, 1.54) is 0 Å². The second kappa shape index (κ2) is 6.81. The van der Waals surface area contributed by atoms with Gasteiger partial charge in [-0.15, -0.1) is 11.8 Å². The first kappa shape index (κ1) is 13.4. The lowest BCUT2D eigenvalue weighted by molar-refractivity contribution is 0.246. The van der Waals surface area contributed by atoms with Gasteiger partial charge in [-0.05, 0) is 30.2 Å². The Morgan fingerprint density at radius 2 is 2.39 bits per heavy atom. The summed E-state index contributed by atoms with van der Waals surface area (Å²) in [5, 5.41) is 0.272. The highest BCUT2D eigenvalue weighted by Gasteiger charge is 2.13. The van der Waals surface area contributed by atoms with E-state index >= 15 is 0 Å². The summed E-state index contributed by atoms with van der Waals surface area (Å²) in [7, 11) is 0. The van der Waals surface area contributed by atoms with E-state index in [0.29, 0.717) is 0 Å². The zero-order valence-corrected chi connectivity index (χ0v) is 11.8. The maximum Gasteiger partial charge on any atom is 0.223 e. The van der Waals surface area contributed by atoms with E-state index in [-0.39, 0.29) is 5.28 Å². The van der Waals surface area contributed by atoms with Gasteiger partial charge in [0.05, 0.1) is 29.2 Å². The summed E-state index contributed by atoms with van der Waals surface area (Å²) in [5.74, 6) is 0.940. The molecule has 0 amide bonds. The monoisotopic (exact) mass is 282 g/mol. The summed E-state index contributed by atoms with van der Waals surface area (Å²) >= 11 is 7.62. The van der Waals surface area contributed by atoms with Crippen LogP contribution in [0.4, 0.5) is 0 Å². The number of hydrogen-bond acceptors (Lipinski definition) is 4. The molecule has 1 aliphatic rings. The van der Waals surface area contributed by atoms with Crippen molar-refractivity contribution < 1.29 is 4.74 Å². The Bertz CT molecular complexity index is 474. The van der Waals surface area contributed by atoms with Crippen LogP contribution < -0.4 is 0 Å². The highest BCUT2D eigenvalue weighted by molar-refractivity contribution is 7.99. The lowest BCUT2D eigenvalue weighted by atomic mass is 10.3. The molecular formula is C13H15ClN2OS. The zero-order valence-electron chi connectivity index (χ0n) is 10.2. The molecule has 2 heterocycles. The molecule has 0 atom stereocenters. The van der Waals surface area contributed by atoms with Crippen molar-refractivity contribution in [1.82, 2.24) is 9.97 Å². The maximum atomic E-state index is 5.90. The van der Waals surface area contributed by atoms with Crippen LogP contribution in [0, 0.1) is 0 Å². The molecule has 0 aliphatic carbocycles. The summed E-state index contributed by atoms with van der Waals surface area (Å²) in [6, 6.07) is 0. The number of aromatic nitrogens is 2. The van der Waals surface area contributed by atoms with Crippen LogP contribution in [0.5, 0.6) is 0 Å². The Morgan fingerprint density at radius 3 is 3.22 bits per heavy atom. The first-order valence-corrected chi connectivity index (χ1v) is 7.32. The molecule has 0 unspecified atom stereocenters. The Morgan fingerprint density at radius 1 is 1.50 bits per heavy atom. The molecule has 1 aromatic heterocycles. The molecule has 0 aromatic carbocycles. The van der Waals surface area contributed by atoms with Gasteiger partial charge in [-0.2, -0.15) is 0 Å². The van der Waals surface area contributed by atoms with Gasteiger partial charge >= 0.3 is 0 Å². The number of nitrogens with zero attached hydrogens (tertiary/aromatic N) is 2. The first-order chi connectivity index (χ1) is 8.81. The largest absolute Gasteiger partial charge is 0.501 e. The molecule has 0 saturated carbocycles. The molecule has 0 saturated heterocycles. The van der Waals surface area contributed by atoms with Crippen molar-refractivity contribution in [2.24, 2.45) is 0 Å². The van der Waals surface area contributed by atoms with Gasteiger partial charge < -0.3 is 4.74 Å². The van der Waals surface area contributed by atoms with E-state index in [4.69, 9.17) is 16.3 Å². The maximum absolute atomic E-state index is 5.90. The normalized spacial score (nSPS) is 13.9. The summed E-state index contributed by atoms with van der Waals surface area (Å²) in [6.45, 7) is 2.87. The molecule has 0 spiro atoms. The van der Waals surface area contributed by atoms with Crippen molar-refractivity contribution in [3.8, 4) is 0 Å². The smallest absolute Gasteiger partial charge is 0.223 e. The van der Waals surface area contributed by atoms with Crippen LogP contribution in [0.15, 0.2) is 17.2 Å². The molecule has 0 radical (unpaired) electrons. The second-order valence-electron chi connectivity index (χ2n) is 3.83. The number of unbranched alkanes of at least 4 members (excludes halogenated alkanes) is 1. The quantitative estimate of drug-likeness (QED) is 0.464. The molecule has 18 heavy (non-hydrogen) atoms. The van der Waals surface area contributed by atoms with E-state index in [2.05, 4.69) is 23.0 Å². The minimum Gasteiger partial charge on any atom is -0.501 e. The van der Waals surface area contributed by atoms with Crippen molar-refractivity contribution in [2.75, 3.05) is 12.4 Å². The van der Waals surface area contributed by atoms with Gasteiger partial charge in [-0.25, -0.2) is 9.97 Å². The van der Waals surface area contributed by atoms with Gasteiger partial charge in [0, 0.05) is 5.75 Å². The Labute approximate surface area is 116 Å². The minimum atomic E-state index is 0.272. The fraction of sp³-hybridized carbons (Fsp3) is 0.385. The zero-order chi connectivity index (χ0) is 12.8. The van der Waals surface area contributed by atoms with Crippen molar-refractivity contribution in [3.05, 3.63) is 29.0 Å². The molecule has 5 heteroatoms. The van der Waals surface area contributed by atoms with Crippen LogP contribution >= 0.6 is 23.4 Å². The van der Waals surface area contributed by atoms with E-state index < -0.39 is 0 Å². The summed E-state index contributed by atoms with van der Waals surface area (Å²) in [5.41, 5.74) is 1.72. The number of fused-ring (bicyclic) bond motifs is 1. The van der Waals surface area contributed by atoms with E-state index in [1.54, 1.807) is 18.0 Å². The average molecular weight is 283 g/mol. The highest BCUT2D eigenvalue weighted by atomic mass is 35.5. The van der Waals surface area contributed by atoms with Crippen LogP contribution in [0.2, 0.25) is 5.28 Å². The van der Waals surface area contributed by atoms with E-state index in [0.717, 1.165) is 41.5 Å². The Kier molecular flexibility index (Phi) is 5.08. The van der Waals surface area contributed by atoms with Crippen LogP contribution in [0.3, 0.4) is 0 Å². The van der Waals surface area contributed by atoms with Gasteiger partial charge in [0.25, 0.3) is 0 Å². The number of thioether (sulfide) groups is 1. The predicted molar refractivity (Wildman–Crippen MR) is 76.7 cm³/mol. The molecule has 1 aromatic rings. The van der Waals surface area contributed by atoms with Crippen LogP contribution in [-0.4, -0.2) is 22.3 Å². The molecule has 96 valence electrons. The number of ether oxygens (including phenoxy) is 1. The third-order valence-electron chi connectivity index (χ3n) is 2.43. The van der Waals surface area contributed by atoms with Crippen molar-refractivity contribution >= 4 is 35.5 Å². The third-order valence-corrected chi connectivity index (χ3v) is 3.66. The highest BCUT2D eigenvalue weighted by Crippen LogP contribution is 2.31. The fourth-order valence-corrected chi connectivity index (χ4v) is 2.59. The van der Waals surface area contributed by atoms with Gasteiger partial charge in [-0.3, -0.25) is 0 Å². The topological polar surface area (TPSA) is 35.0 Å². The number of hydrogen-bond donors (Lipinski definition) is 0. The Balaban J connectivity index is 2.12. The molecule has 3 nitrogen and oxygen atoms in total. The van der Waals surface area contributed by atoms with Crippen molar-refractivity contribution in [3.63, 3.8) is 0 Å². The molecular weight excluding hydrogens is 268 g/mol. The van der Waals surface area contributed by atoms with Crippen molar-refractivity contribution in [1.29, 1.82) is 0 Å². The lowest BCUT2D eigenvalue weighted by Gasteiger charge is -2.11. The minimum absolute atomic E-state index is 0.272. The second-order valence-corrected chi connectivity index (χ2v) is 5.20. The van der Waals surface area contributed by atoms with Gasteiger partial charge in [0.2, 0.25) is 5.28 Å². The van der Waals surface area contributed by atoms with Crippen molar-refractivity contribution in [2.45, 2.75) is 24.7 Å². The van der Waals surface area contributed by atoms with Crippen LogP contribution in [0.25, 0.3) is 12.2 Å². The molecule has 0 bridgehead atoms. The molecule has 1 aliphatic heterocycles. The van der Waals surface area contributed by atoms with E-state index in [9.17, 15) is 0 Å². The molecule has 0 N–H and O–H groups in total. The average Bonchev–Trinajstić information content (AvgIpc) is 2.38. The molecule has 2 rings (SSSR count). The van der Waals surface area contributed by atoms with Crippen LogP contribution in [0.1, 0.15) is 31.2 Å². The standard InChI is InChI=1S/C13H15ClN2OS/c1-2-3-7-17-8-6-11-12-10(5-4-9-18-12)15-13(14)16-11/h4-6,8H,2-3,7,9H2,1H3/b8-6+. The third kappa shape index (κ3) is 3.50. The predicted octanol–water partition coefficient (Wildman–Crippen LogP) is 4.04.